The van der Waals surface area contributed by atoms with Gasteiger partial charge in [-0.2, -0.15) is 0 Å². The lowest BCUT2D eigenvalue weighted by Crippen LogP contribution is -2.04. The third-order valence-electron chi connectivity index (χ3n) is 9.86. The van der Waals surface area contributed by atoms with Crippen LogP contribution in [0.3, 0.4) is 0 Å². The molecule has 0 aliphatic carbocycles. The molecule has 0 atom stereocenters. The van der Waals surface area contributed by atoms with Crippen molar-refractivity contribution in [2.45, 2.75) is 0 Å². The number of rotatable bonds is 2. The van der Waals surface area contributed by atoms with Gasteiger partial charge in [-0.05, 0) is 64.9 Å². The molecule has 6 nitrogen and oxygen atoms in total. The lowest BCUT2D eigenvalue weighted by atomic mass is 10.0. The summed E-state index contributed by atoms with van der Waals surface area (Å²) in [5.74, 6) is 0.566. The van der Waals surface area contributed by atoms with Crippen molar-refractivity contribution in [1.29, 1.82) is 0 Å². The van der Waals surface area contributed by atoms with Crippen LogP contribution in [-0.2, 0) is 0 Å². The van der Waals surface area contributed by atoms with Gasteiger partial charge in [-0.15, -0.1) is 0 Å². The van der Waals surface area contributed by atoms with E-state index in [9.17, 15) is 0 Å². The number of fused-ring (bicyclic) bond motifs is 12. The van der Waals surface area contributed by atoms with E-state index in [1.54, 1.807) is 6.20 Å². The molecule has 0 saturated carbocycles. The van der Waals surface area contributed by atoms with E-state index in [0.717, 1.165) is 38.3 Å². The maximum atomic E-state index is 7.65. The lowest BCUT2D eigenvalue weighted by molar-refractivity contribution is 1.01. The third-order valence-corrected chi connectivity index (χ3v) is 9.86. The standard InChI is InChI=1S/C42H22N6/c1-43-27-13-8-12-26(20-27)38-39-33(16-9-19-44-39)45-42(46-38)48-36-22-25-11-3-2-10-24(25)21-30(36)32-23-31-28-14-4-6-17-34(28)47-35-18-7-5-15-29(35)37(40(31)47)41(32)48/h2-23H. The molecule has 6 aromatic carbocycles. The van der Waals surface area contributed by atoms with Crippen molar-refractivity contribution >= 4 is 87.4 Å². The maximum Gasteiger partial charge on any atom is 0.235 e. The van der Waals surface area contributed by atoms with E-state index in [0.29, 0.717) is 22.8 Å². The fourth-order valence-electron chi connectivity index (χ4n) is 7.88. The molecule has 0 aliphatic heterocycles. The number of benzene rings is 6. The number of pyridine rings is 1. The highest BCUT2D eigenvalue weighted by Crippen LogP contribution is 2.47. The fourth-order valence-corrected chi connectivity index (χ4v) is 7.88. The van der Waals surface area contributed by atoms with Crippen LogP contribution in [0.25, 0.3) is 104 Å². The molecule has 0 radical (unpaired) electrons. The van der Waals surface area contributed by atoms with Crippen LogP contribution in [0.1, 0.15) is 0 Å². The summed E-state index contributed by atoms with van der Waals surface area (Å²) in [4.78, 5) is 19.0. The van der Waals surface area contributed by atoms with Gasteiger partial charge in [0.2, 0.25) is 5.95 Å². The lowest BCUT2D eigenvalue weighted by Gasteiger charge is -2.12. The van der Waals surface area contributed by atoms with E-state index >= 15 is 0 Å². The summed E-state index contributed by atoms with van der Waals surface area (Å²) in [6, 6.07) is 44.3. The predicted molar refractivity (Wildman–Crippen MR) is 196 cm³/mol. The molecular weight excluding hydrogens is 589 g/mol. The average Bonchev–Trinajstić information content (AvgIpc) is 3.77. The minimum absolute atomic E-state index is 0.556. The van der Waals surface area contributed by atoms with Crippen LogP contribution in [0.15, 0.2) is 134 Å². The van der Waals surface area contributed by atoms with Crippen molar-refractivity contribution in [3.63, 3.8) is 0 Å². The van der Waals surface area contributed by atoms with Crippen molar-refractivity contribution in [3.8, 4) is 17.2 Å². The quantitative estimate of drug-likeness (QED) is 0.183. The Morgan fingerprint density at radius 1 is 0.562 bits per heavy atom. The van der Waals surface area contributed by atoms with Gasteiger partial charge in [0, 0.05) is 38.5 Å². The molecular formula is C42H22N6. The van der Waals surface area contributed by atoms with Crippen LogP contribution < -0.4 is 0 Å². The first-order valence-corrected chi connectivity index (χ1v) is 15.9. The highest BCUT2D eigenvalue weighted by molar-refractivity contribution is 6.34. The van der Waals surface area contributed by atoms with Gasteiger partial charge in [-0.1, -0.05) is 78.9 Å². The van der Waals surface area contributed by atoms with E-state index in [1.807, 2.05) is 36.4 Å². The molecule has 0 N–H and O–H groups in total. The van der Waals surface area contributed by atoms with Gasteiger partial charge < -0.3 is 4.40 Å². The Balaban J connectivity index is 1.40. The summed E-state index contributed by atoms with van der Waals surface area (Å²) in [5, 5.41) is 9.48. The van der Waals surface area contributed by atoms with Crippen LogP contribution in [0.5, 0.6) is 0 Å². The van der Waals surface area contributed by atoms with Gasteiger partial charge in [0.15, 0.2) is 5.69 Å². The molecule has 0 amide bonds. The van der Waals surface area contributed by atoms with E-state index in [4.69, 9.17) is 21.5 Å². The number of hydrogen-bond acceptors (Lipinski definition) is 3. The minimum Gasteiger partial charge on any atom is -0.308 e. The molecule has 11 rings (SSSR count). The molecule has 6 heteroatoms. The highest BCUT2D eigenvalue weighted by atomic mass is 15.2. The monoisotopic (exact) mass is 610 g/mol. The SMILES string of the molecule is [C-]#[N+]c1cccc(-c2nc(-n3c4cc5ccccc5cc4c4cc5c6ccccc6n6c7ccccc7c(c43)c56)nc3cccnc23)c1. The number of para-hydroxylation sites is 2. The normalized spacial score (nSPS) is 12.1. The second-order valence-corrected chi connectivity index (χ2v) is 12.4. The first-order valence-electron chi connectivity index (χ1n) is 15.9. The van der Waals surface area contributed by atoms with Gasteiger partial charge in [0.1, 0.15) is 11.2 Å². The van der Waals surface area contributed by atoms with Gasteiger partial charge in [0.05, 0.1) is 39.7 Å². The predicted octanol–water partition coefficient (Wildman–Crippen LogP) is 10.6. The molecule has 11 aromatic rings. The van der Waals surface area contributed by atoms with E-state index < -0.39 is 0 Å². The summed E-state index contributed by atoms with van der Waals surface area (Å²) in [6.07, 6.45) is 1.77. The van der Waals surface area contributed by atoms with Crippen LogP contribution in [0.2, 0.25) is 0 Å². The molecule has 5 aromatic heterocycles. The van der Waals surface area contributed by atoms with Crippen LogP contribution in [-0.4, -0.2) is 23.9 Å². The molecule has 220 valence electrons. The maximum absolute atomic E-state index is 7.65. The van der Waals surface area contributed by atoms with Crippen molar-refractivity contribution in [2.24, 2.45) is 0 Å². The van der Waals surface area contributed by atoms with E-state index in [2.05, 4.69) is 105 Å². The van der Waals surface area contributed by atoms with Crippen LogP contribution in [0, 0.1) is 6.57 Å². The third kappa shape index (κ3) is 3.22. The Morgan fingerprint density at radius 2 is 1.31 bits per heavy atom. The minimum atomic E-state index is 0.556. The van der Waals surface area contributed by atoms with E-state index in [1.165, 1.54) is 43.5 Å². The summed E-state index contributed by atoms with van der Waals surface area (Å²) in [5.41, 5.74) is 9.22. The van der Waals surface area contributed by atoms with Crippen LogP contribution >= 0.6 is 0 Å². The second-order valence-electron chi connectivity index (χ2n) is 12.4. The molecule has 0 aliphatic rings. The number of nitrogens with zero attached hydrogens (tertiary/aromatic N) is 6. The fraction of sp³-hybridized carbons (Fsp3) is 0. The summed E-state index contributed by atoms with van der Waals surface area (Å²) in [7, 11) is 0. The molecule has 0 spiro atoms. The van der Waals surface area contributed by atoms with Gasteiger partial charge >= 0.3 is 0 Å². The molecule has 0 unspecified atom stereocenters. The van der Waals surface area contributed by atoms with Crippen molar-refractivity contribution in [2.75, 3.05) is 0 Å². The van der Waals surface area contributed by atoms with E-state index in [-0.39, 0.29) is 0 Å². The topological polar surface area (TPSA) is 52.4 Å². The second kappa shape index (κ2) is 9.12. The molecule has 5 heterocycles. The largest absolute Gasteiger partial charge is 0.308 e. The van der Waals surface area contributed by atoms with Crippen molar-refractivity contribution in [3.05, 3.63) is 145 Å². The van der Waals surface area contributed by atoms with Gasteiger partial charge in [-0.3, -0.25) is 9.55 Å². The Kier molecular flexibility index (Phi) is 4.82. The zero-order valence-electron chi connectivity index (χ0n) is 25.4. The van der Waals surface area contributed by atoms with Crippen molar-refractivity contribution in [1.82, 2.24) is 23.9 Å². The smallest absolute Gasteiger partial charge is 0.235 e. The first-order chi connectivity index (χ1) is 23.8. The Hall–Kier alpha value is -6.84. The molecule has 0 fully saturated rings. The van der Waals surface area contributed by atoms with Crippen LogP contribution in [0.4, 0.5) is 5.69 Å². The van der Waals surface area contributed by atoms with Gasteiger partial charge in [-0.25, -0.2) is 14.8 Å². The molecule has 0 bridgehead atoms. The van der Waals surface area contributed by atoms with Crippen molar-refractivity contribution < 1.29 is 0 Å². The first kappa shape index (κ1) is 25.4. The molecule has 48 heavy (non-hydrogen) atoms. The Labute approximate surface area is 272 Å². The average molecular weight is 611 g/mol. The molecule has 0 saturated heterocycles. The number of aromatic nitrogens is 5. The highest BCUT2D eigenvalue weighted by Gasteiger charge is 2.26. The number of hydrogen-bond donors (Lipinski definition) is 0. The summed E-state index contributed by atoms with van der Waals surface area (Å²) in [6.45, 7) is 7.65. The summed E-state index contributed by atoms with van der Waals surface area (Å²) >= 11 is 0. The zero-order chi connectivity index (χ0) is 31.5. The zero-order valence-corrected chi connectivity index (χ0v) is 25.4. The Bertz CT molecular complexity index is 3200. The van der Waals surface area contributed by atoms with Gasteiger partial charge in [0.25, 0.3) is 0 Å². The summed E-state index contributed by atoms with van der Waals surface area (Å²) < 4.78 is 4.67. The Morgan fingerprint density at radius 3 is 2.17 bits per heavy atom.